The summed E-state index contributed by atoms with van der Waals surface area (Å²) in [5.74, 6) is 1.26. The number of fused-ring (bicyclic) bond motifs is 5. The summed E-state index contributed by atoms with van der Waals surface area (Å²) in [6.07, 6.45) is 5.31. The molecule has 0 aromatic heterocycles. The van der Waals surface area contributed by atoms with Gasteiger partial charge in [0.05, 0.1) is 4.48 Å². The molecule has 1 saturated carbocycles. The van der Waals surface area contributed by atoms with Gasteiger partial charge in [-0.25, -0.2) is 0 Å². The molecule has 2 bridgehead atoms. The molecule has 0 aromatic carbocycles. The highest BCUT2D eigenvalue weighted by atomic mass is 79.9. The Kier molecular flexibility index (Phi) is 1.36. The monoisotopic (exact) mass is 240 g/mol. The van der Waals surface area contributed by atoms with E-state index >= 15 is 0 Å². The molecule has 13 heavy (non-hydrogen) atoms. The number of Topliss-reactive ketones (excluding diaryl/α,β-unsaturated/α-hetero) is 1. The summed E-state index contributed by atoms with van der Waals surface area (Å²) >= 11 is 3.16. The predicted octanol–water partition coefficient (Wildman–Crippen LogP) is 2.17. The van der Waals surface area contributed by atoms with Crippen molar-refractivity contribution in [2.24, 2.45) is 23.7 Å². The van der Waals surface area contributed by atoms with Gasteiger partial charge in [0.15, 0.2) is 5.78 Å². The minimum Gasteiger partial charge on any atom is -0.511 e. The Morgan fingerprint density at radius 2 is 1.92 bits per heavy atom. The highest BCUT2D eigenvalue weighted by molar-refractivity contribution is 9.12. The number of halogens is 1. The molecule has 3 heteroatoms. The highest BCUT2D eigenvalue weighted by Crippen LogP contribution is 2.56. The second-order valence-corrected chi connectivity index (χ2v) is 4.86. The molecule has 0 aromatic rings. The van der Waals surface area contributed by atoms with Crippen molar-refractivity contribution in [3.63, 3.8) is 0 Å². The maximum absolute atomic E-state index is 11.7. The summed E-state index contributed by atoms with van der Waals surface area (Å²) in [5, 5.41) is 9.74. The fraction of sp³-hybridized carbons (Fsp3) is 0.500. The van der Waals surface area contributed by atoms with Crippen LogP contribution < -0.4 is 0 Å². The summed E-state index contributed by atoms with van der Waals surface area (Å²) in [6, 6.07) is 0. The number of aliphatic hydroxyl groups excluding tert-OH is 1. The van der Waals surface area contributed by atoms with Gasteiger partial charge in [0.25, 0.3) is 0 Å². The lowest BCUT2D eigenvalue weighted by Crippen LogP contribution is -2.21. The third kappa shape index (κ3) is 0.766. The number of allylic oxidation sites excluding steroid dienone is 4. The van der Waals surface area contributed by atoms with Crippen molar-refractivity contribution in [1.29, 1.82) is 0 Å². The van der Waals surface area contributed by atoms with Crippen LogP contribution in [0.2, 0.25) is 0 Å². The zero-order valence-electron chi connectivity index (χ0n) is 6.90. The summed E-state index contributed by atoms with van der Waals surface area (Å²) in [5.41, 5.74) is 0. The van der Waals surface area contributed by atoms with E-state index < -0.39 is 0 Å². The smallest absolute Gasteiger partial charge is 0.177 e. The van der Waals surface area contributed by atoms with Crippen molar-refractivity contribution in [1.82, 2.24) is 0 Å². The zero-order chi connectivity index (χ0) is 9.16. The van der Waals surface area contributed by atoms with Crippen LogP contribution in [-0.4, -0.2) is 10.9 Å². The van der Waals surface area contributed by atoms with E-state index in [1.54, 1.807) is 0 Å². The van der Waals surface area contributed by atoms with Gasteiger partial charge in [-0.15, -0.1) is 0 Å². The first-order valence-electron chi connectivity index (χ1n) is 4.51. The van der Waals surface area contributed by atoms with Gasteiger partial charge < -0.3 is 5.11 Å². The van der Waals surface area contributed by atoms with Crippen molar-refractivity contribution in [3.8, 4) is 0 Å². The van der Waals surface area contributed by atoms with Gasteiger partial charge in [0.2, 0.25) is 0 Å². The van der Waals surface area contributed by atoms with Crippen LogP contribution in [0.4, 0.5) is 0 Å². The maximum Gasteiger partial charge on any atom is 0.177 e. The van der Waals surface area contributed by atoms with E-state index in [0.29, 0.717) is 16.3 Å². The minimum atomic E-state index is 0.0318. The molecule has 0 spiro atoms. The molecule has 3 aliphatic rings. The number of aliphatic hydroxyl groups is 1. The third-order valence-corrected chi connectivity index (χ3v) is 4.32. The predicted molar refractivity (Wildman–Crippen MR) is 51.3 cm³/mol. The minimum absolute atomic E-state index is 0.0318. The summed E-state index contributed by atoms with van der Waals surface area (Å²) in [6.45, 7) is 0. The van der Waals surface area contributed by atoms with Gasteiger partial charge in [-0.05, 0) is 34.2 Å². The Labute approximate surface area is 84.5 Å². The third-order valence-electron chi connectivity index (χ3n) is 3.52. The normalized spacial score (nSPS) is 46.4. The van der Waals surface area contributed by atoms with Crippen LogP contribution in [-0.2, 0) is 4.79 Å². The molecule has 1 N–H and O–H groups in total. The van der Waals surface area contributed by atoms with E-state index in [1.807, 2.05) is 0 Å². The molecule has 0 amide bonds. The molecule has 3 rings (SSSR count). The fourth-order valence-electron chi connectivity index (χ4n) is 2.97. The largest absolute Gasteiger partial charge is 0.511 e. The van der Waals surface area contributed by atoms with Gasteiger partial charge in [-0.1, -0.05) is 12.2 Å². The van der Waals surface area contributed by atoms with Crippen LogP contribution in [0.15, 0.2) is 22.4 Å². The van der Waals surface area contributed by atoms with Gasteiger partial charge >= 0.3 is 0 Å². The summed E-state index contributed by atoms with van der Waals surface area (Å²) < 4.78 is 0.417. The van der Waals surface area contributed by atoms with Gasteiger partial charge in [0, 0.05) is 11.8 Å². The molecular formula is C10H9BrO2. The molecule has 0 aliphatic heterocycles. The maximum atomic E-state index is 11.7. The lowest BCUT2D eigenvalue weighted by atomic mass is 9.84. The fourth-order valence-corrected chi connectivity index (χ4v) is 3.50. The van der Waals surface area contributed by atoms with Crippen LogP contribution >= 0.6 is 15.9 Å². The number of carbonyl (C=O) groups excluding carboxylic acids is 1. The first-order chi connectivity index (χ1) is 6.20. The number of hydrogen-bond donors (Lipinski definition) is 1. The molecule has 2 nitrogen and oxygen atoms in total. The molecule has 4 unspecified atom stereocenters. The quantitative estimate of drug-likeness (QED) is 0.660. The van der Waals surface area contributed by atoms with Crippen molar-refractivity contribution in [3.05, 3.63) is 22.4 Å². The summed E-state index contributed by atoms with van der Waals surface area (Å²) in [7, 11) is 0. The Balaban J connectivity index is 2.11. The lowest BCUT2D eigenvalue weighted by molar-refractivity contribution is -0.119. The number of ketones is 1. The highest BCUT2D eigenvalue weighted by Gasteiger charge is 2.54. The van der Waals surface area contributed by atoms with Gasteiger partial charge in [-0.2, -0.15) is 0 Å². The average Bonchev–Trinajstić information content (AvgIpc) is 2.76. The Morgan fingerprint density at radius 1 is 1.31 bits per heavy atom. The molecule has 4 atom stereocenters. The number of carbonyl (C=O) groups is 1. The Morgan fingerprint density at radius 3 is 2.54 bits per heavy atom. The average molecular weight is 241 g/mol. The van der Waals surface area contributed by atoms with Crippen molar-refractivity contribution in [2.75, 3.05) is 0 Å². The molecule has 0 heterocycles. The first-order valence-corrected chi connectivity index (χ1v) is 5.30. The van der Waals surface area contributed by atoms with E-state index in [1.165, 1.54) is 0 Å². The standard InChI is InChI=1S/C10H9BrO2/c11-8-9(12)6-4-1-2-5(3-4)7(6)10(8)13/h1-2,4-7,12H,3H2. The number of hydrogen-bond acceptors (Lipinski definition) is 2. The zero-order valence-corrected chi connectivity index (χ0v) is 8.49. The van der Waals surface area contributed by atoms with E-state index in [2.05, 4.69) is 28.1 Å². The van der Waals surface area contributed by atoms with Crippen LogP contribution in [0.25, 0.3) is 0 Å². The van der Waals surface area contributed by atoms with E-state index in [4.69, 9.17) is 0 Å². The van der Waals surface area contributed by atoms with Crippen LogP contribution in [0.5, 0.6) is 0 Å². The molecular weight excluding hydrogens is 232 g/mol. The molecule has 68 valence electrons. The second kappa shape index (κ2) is 2.27. The van der Waals surface area contributed by atoms with Crippen LogP contribution in [0, 0.1) is 23.7 Å². The van der Waals surface area contributed by atoms with E-state index in [0.717, 1.165) is 6.42 Å². The van der Waals surface area contributed by atoms with Crippen molar-refractivity contribution >= 4 is 21.7 Å². The topological polar surface area (TPSA) is 37.3 Å². The first kappa shape index (κ1) is 7.80. The lowest BCUT2D eigenvalue weighted by Gasteiger charge is -2.18. The SMILES string of the molecule is O=C1C(Br)=C(O)C2C3C=CC(C3)C12. The van der Waals surface area contributed by atoms with Gasteiger partial charge in [-0.3, -0.25) is 4.79 Å². The Hall–Kier alpha value is -0.570. The van der Waals surface area contributed by atoms with E-state index in [9.17, 15) is 9.90 Å². The van der Waals surface area contributed by atoms with E-state index in [-0.39, 0.29) is 23.4 Å². The number of rotatable bonds is 0. The van der Waals surface area contributed by atoms with Crippen LogP contribution in [0.1, 0.15) is 6.42 Å². The Bertz CT molecular complexity index is 356. The van der Waals surface area contributed by atoms with Crippen LogP contribution in [0.3, 0.4) is 0 Å². The molecule has 1 fully saturated rings. The second-order valence-electron chi connectivity index (χ2n) is 4.06. The van der Waals surface area contributed by atoms with Crippen molar-refractivity contribution < 1.29 is 9.90 Å². The van der Waals surface area contributed by atoms with Crippen molar-refractivity contribution in [2.45, 2.75) is 6.42 Å². The summed E-state index contributed by atoms with van der Waals surface area (Å²) in [4.78, 5) is 11.7. The molecule has 3 aliphatic carbocycles. The molecule has 0 radical (unpaired) electrons. The van der Waals surface area contributed by atoms with Gasteiger partial charge in [0.1, 0.15) is 5.76 Å². The molecule has 0 saturated heterocycles.